The predicted octanol–water partition coefficient (Wildman–Crippen LogP) is 4.65. The molecule has 2 aliphatic heterocycles. The molecule has 0 bridgehead atoms. The van der Waals surface area contributed by atoms with Gasteiger partial charge in [-0.25, -0.2) is 0 Å². The van der Waals surface area contributed by atoms with Crippen molar-refractivity contribution >= 4 is 17.4 Å². The second-order valence-electron chi connectivity index (χ2n) is 10.7. The summed E-state index contributed by atoms with van der Waals surface area (Å²) in [5.74, 6) is 1.05. The van der Waals surface area contributed by atoms with Crippen molar-refractivity contribution in [1.82, 2.24) is 9.80 Å². The number of amides is 1. The van der Waals surface area contributed by atoms with Gasteiger partial charge in [0.15, 0.2) is 23.0 Å². The number of carbonyl (C=O) groups is 2. The van der Waals surface area contributed by atoms with Crippen LogP contribution in [0.2, 0.25) is 0 Å². The highest BCUT2D eigenvalue weighted by molar-refractivity contribution is 6.46. The third-order valence-corrected chi connectivity index (χ3v) is 6.90. The van der Waals surface area contributed by atoms with Crippen LogP contribution in [0.3, 0.4) is 0 Å². The number of hydrogen-bond donors (Lipinski definition) is 1. The Kier molecular flexibility index (Phi) is 9.58. The third-order valence-electron chi connectivity index (χ3n) is 6.90. The van der Waals surface area contributed by atoms with Gasteiger partial charge >= 0.3 is 0 Å². The van der Waals surface area contributed by atoms with E-state index in [1.165, 1.54) is 0 Å². The van der Waals surface area contributed by atoms with E-state index in [-0.39, 0.29) is 11.3 Å². The Bertz CT molecular complexity index is 1250. The molecule has 1 atom stereocenters. The SMILES string of the molecule is CCOc1cc([C@H]2/C(=C(\O)c3ccc4c(c3)OCCO4)C(=O)C(=O)N2CCCN(C)C)ccc1OCCC(C)C. The van der Waals surface area contributed by atoms with E-state index in [2.05, 4.69) is 13.8 Å². The van der Waals surface area contributed by atoms with Gasteiger partial charge in [-0.2, -0.15) is 0 Å². The van der Waals surface area contributed by atoms with Crippen LogP contribution >= 0.6 is 0 Å². The first-order valence-corrected chi connectivity index (χ1v) is 13.9. The van der Waals surface area contributed by atoms with Crippen molar-refractivity contribution in [1.29, 1.82) is 0 Å². The Morgan fingerprint density at radius 2 is 1.80 bits per heavy atom. The van der Waals surface area contributed by atoms with E-state index in [4.69, 9.17) is 18.9 Å². The van der Waals surface area contributed by atoms with Gasteiger partial charge in [0.2, 0.25) is 0 Å². The summed E-state index contributed by atoms with van der Waals surface area (Å²) >= 11 is 0. The Hall–Kier alpha value is -3.72. The standard InChI is InChI=1S/C31H40N2O7/c1-6-37-25-18-21(8-10-23(25)38-15-12-20(2)3)28-27(30(35)31(36)33(28)14-7-13-32(4)5)29(34)22-9-11-24-26(19-22)40-17-16-39-24/h8-11,18-20,28,34H,6-7,12-17H2,1-5H3/b29-27+/t28-/m0/s1. The minimum absolute atomic E-state index is 0.0301. The summed E-state index contributed by atoms with van der Waals surface area (Å²) in [6, 6.07) is 9.65. The monoisotopic (exact) mass is 552 g/mol. The number of aliphatic hydroxyl groups excluding tert-OH is 1. The maximum atomic E-state index is 13.5. The lowest BCUT2D eigenvalue weighted by Gasteiger charge is -2.27. The average molecular weight is 553 g/mol. The van der Waals surface area contributed by atoms with Crippen LogP contribution in [-0.4, -0.2) is 80.2 Å². The quantitative estimate of drug-likeness (QED) is 0.231. The highest BCUT2D eigenvalue weighted by atomic mass is 16.6. The number of benzene rings is 2. The molecule has 1 amide bonds. The van der Waals surface area contributed by atoms with E-state index in [1.54, 1.807) is 29.2 Å². The maximum Gasteiger partial charge on any atom is 0.295 e. The van der Waals surface area contributed by atoms with Crippen LogP contribution in [0.5, 0.6) is 23.0 Å². The molecule has 1 N–H and O–H groups in total. The first kappa shape index (κ1) is 29.3. The molecule has 0 saturated carbocycles. The highest BCUT2D eigenvalue weighted by Crippen LogP contribution is 2.43. The smallest absolute Gasteiger partial charge is 0.295 e. The number of fused-ring (bicyclic) bond motifs is 1. The largest absolute Gasteiger partial charge is 0.507 e. The second kappa shape index (κ2) is 13.1. The molecule has 2 aromatic rings. The number of hydrogen-bond acceptors (Lipinski definition) is 8. The molecular weight excluding hydrogens is 512 g/mol. The molecule has 216 valence electrons. The molecule has 9 nitrogen and oxygen atoms in total. The normalized spacial score (nSPS) is 18.1. The average Bonchev–Trinajstić information content (AvgIpc) is 3.18. The number of likely N-dealkylation sites (tertiary alicyclic amines) is 1. The zero-order chi connectivity index (χ0) is 28.8. The van der Waals surface area contributed by atoms with Gasteiger partial charge in [0.1, 0.15) is 19.0 Å². The van der Waals surface area contributed by atoms with Gasteiger partial charge in [-0.1, -0.05) is 19.9 Å². The van der Waals surface area contributed by atoms with Gasteiger partial charge < -0.3 is 33.9 Å². The van der Waals surface area contributed by atoms with E-state index in [0.29, 0.717) is 79.4 Å². The number of aliphatic hydroxyl groups is 1. The number of ether oxygens (including phenoxy) is 4. The van der Waals surface area contributed by atoms with Crippen LogP contribution in [0.15, 0.2) is 42.0 Å². The lowest BCUT2D eigenvalue weighted by molar-refractivity contribution is -0.139. The molecule has 2 heterocycles. The summed E-state index contributed by atoms with van der Waals surface area (Å²) in [5, 5.41) is 11.5. The van der Waals surface area contributed by atoms with Gasteiger partial charge in [-0.05, 0) is 82.2 Å². The molecule has 0 unspecified atom stereocenters. The minimum Gasteiger partial charge on any atom is -0.507 e. The van der Waals surface area contributed by atoms with Crippen molar-refractivity contribution < 1.29 is 33.6 Å². The maximum absolute atomic E-state index is 13.5. The summed E-state index contributed by atoms with van der Waals surface area (Å²) in [5.41, 5.74) is 1.06. The van der Waals surface area contributed by atoms with Crippen molar-refractivity contribution in [2.24, 2.45) is 5.92 Å². The summed E-state index contributed by atoms with van der Waals surface area (Å²) in [4.78, 5) is 30.4. The molecule has 0 radical (unpaired) electrons. The van der Waals surface area contributed by atoms with Crippen molar-refractivity contribution in [3.63, 3.8) is 0 Å². The van der Waals surface area contributed by atoms with E-state index < -0.39 is 17.7 Å². The zero-order valence-corrected chi connectivity index (χ0v) is 24.1. The van der Waals surface area contributed by atoms with Crippen molar-refractivity contribution in [2.45, 2.75) is 39.7 Å². The lowest BCUT2D eigenvalue weighted by Crippen LogP contribution is -2.32. The molecule has 0 aromatic heterocycles. The number of rotatable bonds is 12. The van der Waals surface area contributed by atoms with Crippen LogP contribution in [0.4, 0.5) is 0 Å². The molecule has 9 heteroatoms. The lowest BCUT2D eigenvalue weighted by atomic mass is 9.94. The molecule has 1 fully saturated rings. The molecule has 4 rings (SSSR count). The molecule has 2 aromatic carbocycles. The van der Waals surface area contributed by atoms with Gasteiger partial charge in [0, 0.05) is 12.1 Å². The van der Waals surface area contributed by atoms with Gasteiger partial charge in [-0.3, -0.25) is 9.59 Å². The van der Waals surface area contributed by atoms with Gasteiger partial charge in [-0.15, -0.1) is 0 Å². The fraction of sp³-hybridized carbons (Fsp3) is 0.484. The minimum atomic E-state index is -0.792. The van der Waals surface area contributed by atoms with Crippen molar-refractivity contribution in [3.8, 4) is 23.0 Å². The van der Waals surface area contributed by atoms with Gasteiger partial charge in [0.05, 0.1) is 24.8 Å². The Morgan fingerprint density at radius 3 is 2.50 bits per heavy atom. The molecule has 1 saturated heterocycles. The van der Waals surface area contributed by atoms with Crippen LogP contribution in [0.25, 0.3) is 5.76 Å². The summed E-state index contributed by atoms with van der Waals surface area (Å²) in [6.45, 7) is 9.05. The van der Waals surface area contributed by atoms with Crippen LogP contribution < -0.4 is 18.9 Å². The van der Waals surface area contributed by atoms with Gasteiger partial charge in [0.25, 0.3) is 11.7 Å². The predicted molar refractivity (Wildman–Crippen MR) is 152 cm³/mol. The zero-order valence-electron chi connectivity index (χ0n) is 24.1. The fourth-order valence-electron chi connectivity index (χ4n) is 4.85. The Morgan fingerprint density at radius 1 is 1.05 bits per heavy atom. The molecule has 40 heavy (non-hydrogen) atoms. The summed E-state index contributed by atoms with van der Waals surface area (Å²) in [6.07, 6.45) is 1.56. The Balaban J connectivity index is 1.77. The molecular formula is C31H40N2O7. The Labute approximate surface area is 236 Å². The van der Waals surface area contributed by atoms with E-state index >= 15 is 0 Å². The number of nitrogens with zero attached hydrogens (tertiary/aromatic N) is 2. The van der Waals surface area contributed by atoms with Crippen LogP contribution in [0.1, 0.15) is 50.8 Å². The van der Waals surface area contributed by atoms with E-state index in [9.17, 15) is 14.7 Å². The van der Waals surface area contributed by atoms with Crippen LogP contribution in [0, 0.1) is 5.92 Å². The number of ketones is 1. The summed E-state index contributed by atoms with van der Waals surface area (Å²) < 4.78 is 23.2. The van der Waals surface area contributed by atoms with Crippen molar-refractivity contribution in [2.75, 3.05) is 53.6 Å². The topological polar surface area (TPSA) is 97.8 Å². The fourth-order valence-corrected chi connectivity index (χ4v) is 4.85. The van der Waals surface area contributed by atoms with E-state index in [0.717, 1.165) is 13.0 Å². The first-order chi connectivity index (χ1) is 19.2. The number of carbonyl (C=O) groups excluding carboxylic acids is 2. The van der Waals surface area contributed by atoms with Crippen LogP contribution in [-0.2, 0) is 9.59 Å². The second-order valence-corrected chi connectivity index (χ2v) is 10.7. The molecule has 0 aliphatic carbocycles. The third kappa shape index (κ3) is 6.53. The molecule has 0 spiro atoms. The van der Waals surface area contributed by atoms with E-state index in [1.807, 2.05) is 38.1 Å². The van der Waals surface area contributed by atoms with Crippen molar-refractivity contribution in [3.05, 3.63) is 53.1 Å². The number of Topliss-reactive ketones (excluding diaryl/α,β-unsaturated/α-hetero) is 1. The summed E-state index contributed by atoms with van der Waals surface area (Å²) in [7, 11) is 3.92. The highest BCUT2D eigenvalue weighted by Gasteiger charge is 2.46. The first-order valence-electron chi connectivity index (χ1n) is 13.9. The molecule has 2 aliphatic rings.